The molecule has 0 fully saturated rings. The summed E-state index contributed by atoms with van der Waals surface area (Å²) < 4.78 is 1.03. The first-order valence-corrected chi connectivity index (χ1v) is 5.46. The van der Waals surface area contributed by atoms with Crippen LogP contribution in [0.4, 0.5) is 0 Å². The molecule has 0 aliphatic rings. The summed E-state index contributed by atoms with van der Waals surface area (Å²) in [6.07, 6.45) is 2.44. The number of Topliss-reactive ketones (excluding diaryl/α,β-unsaturated/α-hetero) is 1. The largest absolute Gasteiger partial charge is 0.409 e. The van der Waals surface area contributed by atoms with Crippen LogP contribution in [0.15, 0.2) is 36.0 Å². The third kappa shape index (κ3) is 2.34. The summed E-state index contributed by atoms with van der Waals surface area (Å²) in [5.74, 6) is -0.901. The van der Waals surface area contributed by atoms with E-state index in [2.05, 4.69) is 15.2 Å². The van der Waals surface area contributed by atoms with E-state index in [0.29, 0.717) is 5.02 Å². The number of halogens is 2. The van der Waals surface area contributed by atoms with E-state index in [1.54, 1.807) is 0 Å². The Morgan fingerprint density at radius 1 is 1.39 bits per heavy atom. The Balaban J connectivity index is 2.42. The van der Waals surface area contributed by atoms with Crippen molar-refractivity contribution in [1.82, 2.24) is 14.8 Å². The number of hydrogen-bond acceptors (Lipinski definition) is 5. The quantitative estimate of drug-likeness (QED) is 0.301. The van der Waals surface area contributed by atoms with Gasteiger partial charge in [-0.1, -0.05) is 28.4 Å². The van der Waals surface area contributed by atoms with Crippen molar-refractivity contribution >= 4 is 34.8 Å². The maximum atomic E-state index is 12.1. The van der Waals surface area contributed by atoms with Crippen LogP contribution in [0, 0.1) is 0 Å². The van der Waals surface area contributed by atoms with E-state index in [4.69, 9.17) is 28.4 Å². The van der Waals surface area contributed by atoms with Gasteiger partial charge in [0.05, 0.1) is 5.02 Å². The zero-order chi connectivity index (χ0) is 13.1. The minimum Gasteiger partial charge on any atom is -0.409 e. The van der Waals surface area contributed by atoms with Gasteiger partial charge in [0.15, 0.2) is 0 Å². The number of benzene rings is 1. The lowest BCUT2D eigenvalue weighted by Gasteiger charge is -2.05. The molecule has 0 radical (unpaired) electrons. The van der Waals surface area contributed by atoms with Crippen LogP contribution in [0.25, 0.3) is 0 Å². The van der Waals surface area contributed by atoms with Crippen LogP contribution >= 0.6 is 23.2 Å². The summed E-state index contributed by atoms with van der Waals surface area (Å²) in [5, 5.41) is 16.1. The lowest BCUT2D eigenvalue weighted by molar-refractivity contribution is 0.105. The predicted octanol–water partition coefficient (Wildman–Crippen LogP) is 2.10. The summed E-state index contributed by atoms with van der Waals surface area (Å²) in [5.41, 5.74) is 0.157. The average molecular weight is 285 g/mol. The van der Waals surface area contributed by atoms with E-state index in [0.717, 1.165) is 4.68 Å². The molecule has 0 aliphatic carbocycles. The van der Waals surface area contributed by atoms with Gasteiger partial charge in [0.25, 0.3) is 0 Å². The summed E-state index contributed by atoms with van der Waals surface area (Å²) in [7, 11) is 0. The molecule has 0 spiro atoms. The highest BCUT2D eigenvalue weighted by Gasteiger charge is 2.20. The lowest BCUT2D eigenvalue weighted by Crippen LogP contribution is -2.24. The number of ketones is 1. The highest BCUT2D eigenvalue weighted by Crippen LogP contribution is 2.21. The number of carbonyl (C=O) groups is 1. The molecule has 1 aromatic heterocycles. The van der Waals surface area contributed by atoms with Gasteiger partial charge in [0.2, 0.25) is 11.6 Å². The molecule has 0 amide bonds. The van der Waals surface area contributed by atoms with Gasteiger partial charge in [-0.05, 0) is 18.2 Å². The van der Waals surface area contributed by atoms with E-state index < -0.39 is 5.78 Å². The Morgan fingerprint density at radius 3 is 2.72 bits per heavy atom. The molecule has 18 heavy (non-hydrogen) atoms. The molecule has 6 nitrogen and oxygen atoms in total. The minimum absolute atomic E-state index is 0.157. The van der Waals surface area contributed by atoms with Crippen molar-refractivity contribution in [2.45, 2.75) is 0 Å². The monoisotopic (exact) mass is 284 g/mol. The molecule has 1 heterocycles. The van der Waals surface area contributed by atoms with Gasteiger partial charge >= 0.3 is 0 Å². The normalized spacial score (nSPS) is 11.6. The molecule has 2 aromatic rings. The number of carbonyl (C=O) groups excluding carboxylic acids is 1. The van der Waals surface area contributed by atoms with Gasteiger partial charge in [-0.2, -0.15) is 9.78 Å². The third-order valence-electron chi connectivity index (χ3n) is 2.11. The number of oxime groups is 1. The van der Waals surface area contributed by atoms with Crippen LogP contribution < -0.4 is 0 Å². The first-order valence-electron chi connectivity index (χ1n) is 4.70. The molecule has 2 rings (SSSR count). The molecule has 1 N–H and O–H groups in total. The highest BCUT2D eigenvalue weighted by atomic mass is 35.5. The maximum absolute atomic E-state index is 12.1. The molecule has 0 saturated carbocycles. The van der Waals surface area contributed by atoms with E-state index >= 15 is 0 Å². The standard InChI is InChI=1S/C10H6Cl2N4O2/c11-6-1-2-7(8(12)3-6)9(17)10(15-18)16-5-13-4-14-16/h1-5,18H/b15-10+. The Morgan fingerprint density at radius 2 is 2.17 bits per heavy atom. The van der Waals surface area contributed by atoms with E-state index in [1.165, 1.54) is 30.9 Å². The number of rotatable bonds is 2. The molecule has 1 aromatic carbocycles. The zero-order valence-electron chi connectivity index (χ0n) is 8.79. The van der Waals surface area contributed by atoms with Crippen LogP contribution in [0.2, 0.25) is 10.0 Å². The molecular formula is C10H6Cl2N4O2. The predicted molar refractivity (Wildman–Crippen MR) is 65.4 cm³/mol. The van der Waals surface area contributed by atoms with E-state index in [-0.39, 0.29) is 16.4 Å². The number of aromatic nitrogens is 3. The van der Waals surface area contributed by atoms with E-state index in [9.17, 15) is 4.79 Å². The van der Waals surface area contributed by atoms with Gasteiger partial charge in [-0.25, -0.2) is 4.98 Å². The second-order valence-electron chi connectivity index (χ2n) is 3.22. The fourth-order valence-corrected chi connectivity index (χ4v) is 1.80. The topological polar surface area (TPSA) is 80.4 Å². The second-order valence-corrected chi connectivity index (χ2v) is 4.06. The van der Waals surface area contributed by atoms with Crippen molar-refractivity contribution in [3.63, 3.8) is 0 Å². The van der Waals surface area contributed by atoms with E-state index in [1.807, 2.05) is 0 Å². The van der Waals surface area contributed by atoms with Gasteiger partial charge in [-0.3, -0.25) is 4.79 Å². The third-order valence-corrected chi connectivity index (χ3v) is 2.66. The summed E-state index contributed by atoms with van der Waals surface area (Å²) in [6, 6.07) is 4.37. The number of nitrogens with zero attached hydrogens (tertiary/aromatic N) is 4. The van der Waals surface area contributed by atoms with Crippen molar-refractivity contribution in [3.8, 4) is 0 Å². The first kappa shape index (κ1) is 12.5. The number of hydrogen-bond donors (Lipinski definition) is 1. The zero-order valence-corrected chi connectivity index (χ0v) is 10.3. The van der Waals surface area contributed by atoms with Crippen LogP contribution in [-0.2, 0) is 0 Å². The van der Waals surface area contributed by atoms with Gasteiger partial charge in [0.1, 0.15) is 12.7 Å². The molecule has 92 valence electrons. The molecule has 0 saturated heterocycles. The lowest BCUT2D eigenvalue weighted by atomic mass is 10.1. The summed E-state index contributed by atoms with van der Waals surface area (Å²) in [6.45, 7) is 0. The van der Waals surface area contributed by atoms with Crippen molar-refractivity contribution in [2.24, 2.45) is 5.16 Å². The Kier molecular flexibility index (Phi) is 3.59. The van der Waals surface area contributed by atoms with Crippen molar-refractivity contribution in [3.05, 3.63) is 46.5 Å². The molecular weight excluding hydrogens is 279 g/mol. The fourth-order valence-electron chi connectivity index (χ4n) is 1.31. The van der Waals surface area contributed by atoms with Crippen molar-refractivity contribution < 1.29 is 10.0 Å². The van der Waals surface area contributed by atoms with Crippen LogP contribution in [0.3, 0.4) is 0 Å². The van der Waals surface area contributed by atoms with Gasteiger partial charge in [0, 0.05) is 10.6 Å². The van der Waals surface area contributed by atoms with Crippen LogP contribution in [0.5, 0.6) is 0 Å². The van der Waals surface area contributed by atoms with Crippen molar-refractivity contribution in [1.29, 1.82) is 0 Å². The Hall–Kier alpha value is -1.92. The Labute approximate surface area is 111 Å². The summed E-state index contributed by atoms with van der Waals surface area (Å²) in [4.78, 5) is 15.8. The molecule has 8 heteroatoms. The SMILES string of the molecule is O=C(/C(=N\O)n1cncn1)c1ccc(Cl)cc1Cl. The van der Waals surface area contributed by atoms with Gasteiger partial charge < -0.3 is 5.21 Å². The maximum Gasteiger partial charge on any atom is 0.242 e. The van der Waals surface area contributed by atoms with Crippen molar-refractivity contribution in [2.75, 3.05) is 0 Å². The molecule has 0 unspecified atom stereocenters. The second kappa shape index (κ2) is 5.16. The van der Waals surface area contributed by atoms with Crippen LogP contribution in [-0.4, -0.2) is 31.6 Å². The highest BCUT2D eigenvalue weighted by molar-refractivity contribution is 6.49. The van der Waals surface area contributed by atoms with Gasteiger partial charge in [-0.15, -0.1) is 0 Å². The Bertz CT molecular complexity index is 610. The average Bonchev–Trinajstić information content (AvgIpc) is 2.83. The molecule has 0 atom stereocenters. The summed E-state index contributed by atoms with van der Waals surface area (Å²) >= 11 is 11.6. The molecule has 0 bridgehead atoms. The first-order chi connectivity index (χ1) is 8.63. The smallest absolute Gasteiger partial charge is 0.242 e. The van der Waals surface area contributed by atoms with Crippen LogP contribution in [0.1, 0.15) is 10.4 Å². The molecule has 0 aliphatic heterocycles. The fraction of sp³-hybridized carbons (Fsp3) is 0. The minimum atomic E-state index is -0.593.